The van der Waals surface area contributed by atoms with Crippen LogP contribution in [0.2, 0.25) is 0 Å². The highest BCUT2D eigenvalue weighted by molar-refractivity contribution is 8.00. The fraction of sp³-hybridized carbons (Fsp3) is 0.500. The summed E-state index contributed by atoms with van der Waals surface area (Å²) in [6.07, 6.45) is 0.146. The van der Waals surface area contributed by atoms with Crippen LogP contribution in [0.25, 0.3) is 0 Å². The van der Waals surface area contributed by atoms with Crippen LogP contribution in [0.15, 0.2) is 15.8 Å². The van der Waals surface area contributed by atoms with Gasteiger partial charge in [0.05, 0.1) is 12.8 Å². The van der Waals surface area contributed by atoms with Crippen LogP contribution in [0, 0.1) is 5.82 Å². The Hall–Kier alpha value is -1.12. The molecule has 0 unspecified atom stereocenters. The lowest BCUT2D eigenvalue weighted by atomic mass is 10.6. The second kappa shape index (κ2) is 4.40. The van der Waals surface area contributed by atoms with Crippen LogP contribution in [0.1, 0.15) is 6.23 Å². The summed E-state index contributed by atoms with van der Waals surface area (Å²) in [5.74, 6) is -0.628. The zero-order chi connectivity index (χ0) is 11.7. The molecule has 2 atom stereocenters. The number of aliphatic hydroxyl groups excluding tert-OH is 1. The number of ether oxygens (including phenoxy) is 1. The first-order valence-corrected chi connectivity index (χ1v) is 5.55. The van der Waals surface area contributed by atoms with Gasteiger partial charge in [-0.15, -0.1) is 11.8 Å². The summed E-state index contributed by atoms with van der Waals surface area (Å²) in [6, 6.07) is 0. The molecule has 16 heavy (non-hydrogen) atoms. The van der Waals surface area contributed by atoms with E-state index in [-0.39, 0.29) is 6.61 Å². The summed E-state index contributed by atoms with van der Waals surface area (Å²) in [7, 11) is 0. The third kappa shape index (κ3) is 2.04. The lowest BCUT2D eigenvalue weighted by Crippen LogP contribution is -2.34. The molecule has 0 amide bonds. The third-order valence-electron chi connectivity index (χ3n) is 2.12. The molecule has 1 aliphatic rings. The Morgan fingerprint density at radius 2 is 2.44 bits per heavy atom. The van der Waals surface area contributed by atoms with Crippen LogP contribution in [-0.2, 0) is 4.74 Å². The molecule has 2 N–H and O–H groups in total. The van der Waals surface area contributed by atoms with Gasteiger partial charge in [-0.05, 0) is 0 Å². The van der Waals surface area contributed by atoms with Crippen molar-refractivity contribution < 1.29 is 14.2 Å². The molecule has 1 aromatic heterocycles. The van der Waals surface area contributed by atoms with Gasteiger partial charge < -0.3 is 9.84 Å². The first-order valence-electron chi connectivity index (χ1n) is 4.50. The number of halogens is 1. The Labute approximate surface area is 93.1 Å². The SMILES string of the molecule is O=c1[15nH][13c](=O)[15n]([C@@H]2CS[C@H](CO)O2)cc1F. The zero-order valence-electron chi connectivity index (χ0n) is 8.05. The van der Waals surface area contributed by atoms with Gasteiger partial charge in [-0.1, -0.05) is 0 Å². The molecule has 0 aliphatic carbocycles. The highest BCUT2D eigenvalue weighted by atomic mass is 32.2. The Morgan fingerprint density at radius 1 is 1.69 bits per heavy atom. The van der Waals surface area contributed by atoms with Crippen molar-refractivity contribution in [1.82, 2.24) is 9.55 Å². The maximum Gasteiger partial charge on any atom is 0.330 e. The Bertz CT molecular complexity index is 500. The fourth-order valence-corrected chi connectivity index (χ4v) is 2.29. The predicted molar refractivity (Wildman–Crippen MR) is 54.7 cm³/mol. The summed E-state index contributed by atoms with van der Waals surface area (Å²) in [5, 5.41) is 8.83. The van der Waals surface area contributed by atoms with Crippen molar-refractivity contribution in [1.29, 1.82) is 0 Å². The van der Waals surface area contributed by atoms with E-state index in [1.165, 1.54) is 11.8 Å². The van der Waals surface area contributed by atoms with Crippen LogP contribution in [0.3, 0.4) is 0 Å². The first kappa shape index (κ1) is 11.4. The molecule has 0 bridgehead atoms. The van der Waals surface area contributed by atoms with Gasteiger partial charge in [-0.2, -0.15) is 4.39 Å². The molecule has 88 valence electrons. The third-order valence-corrected chi connectivity index (χ3v) is 3.23. The number of hydrogen-bond acceptors (Lipinski definition) is 5. The number of nitrogens with zero attached hydrogens (tertiary/aromatic N) is 1. The number of hydrogen-bond donors (Lipinski definition) is 2. The maximum absolute atomic E-state index is 13.0. The van der Waals surface area contributed by atoms with E-state index in [0.717, 1.165) is 10.8 Å². The van der Waals surface area contributed by atoms with Crippen LogP contribution in [0.4, 0.5) is 4.39 Å². The summed E-state index contributed by atoms with van der Waals surface area (Å²) >= 11 is 1.32. The van der Waals surface area contributed by atoms with Gasteiger partial charge in [0.2, 0.25) is 5.82 Å². The van der Waals surface area contributed by atoms with Crippen LogP contribution in [-0.4, -0.2) is 32.5 Å². The number of aliphatic hydroxyl groups is 1. The van der Waals surface area contributed by atoms with E-state index in [9.17, 15) is 14.0 Å². The zero-order valence-corrected chi connectivity index (χ0v) is 8.87. The molecule has 1 aliphatic heterocycles. The highest BCUT2D eigenvalue weighted by Gasteiger charge is 2.27. The van der Waals surface area contributed by atoms with E-state index < -0.39 is 28.7 Å². The van der Waals surface area contributed by atoms with Gasteiger partial charge in [-0.25, -0.2) is 4.79 Å². The molecule has 1 fully saturated rings. The standard InChI is InChI=1S/C8H9FN2O4S/c9-4-1-11(8(14)10-7(4)13)5-3-16-6(2-12)15-5/h1,5-6,12H,2-3H2,(H,10,13,14)/t5-,6+/m0/s1/i8+1,10+1,11+1. The second-order valence-electron chi connectivity index (χ2n) is 3.18. The van der Waals surface area contributed by atoms with Crippen LogP contribution < -0.4 is 11.2 Å². The summed E-state index contributed by atoms with van der Waals surface area (Å²) < 4.78 is 19.2. The smallest absolute Gasteiger partial charge is 0.330 e. The quantitative estimate of drug-likeness (QED) is 0.723. The lowest BCUT2D eigenvalue weighted by Gasteiger charge is -2.13. The van der Waals surface area contributed by atoms with Crippen molar-refractivity contribution in [3.63, 3.8) is 0 Å². The minimum atomic E-state index is -1.05. The molecular weight excluding hydrogens is 242 g/mol. The van der Waals surface area contributed by atoms with Gasteiger partial charge in [0.1, 0.15) is 11.7 Å². The molecule has 8 heteroatoms. The van der Waals surface area contributed by atoms with E-state index in [4.69, 9.17) is 9.84 Å². The number of thioether (sulfide) groups is 1. The number of H-pyrrole nitrogens is 1. The fourth-order valence-electron chi connectivity index (χ4n) is 1.36. The summed E-state index contributed by atoms with van der Waals surface area (Å²) in [6.45, 7) is -0.179. The molecule has 1 aromatic rings. The van der Waals surface area contributed by atoms with E-state index in [2.05, 4.69) is 0 Å². The normalized spacial score (nSPS) is 24.9. The van der Waals surface area contributed by atoms with E-state index >= 15 is 0 Å². The number of rotatable bonds is 2. The number of nitrogens with one attached hydrogen (secondary N) is 1. The summed E-state index contributed by atoms with van der Waals surface area (Å²) in [5.41, 5.74) is -2.20. The molecule has 0 aromatic carbocycles. The van der Waals surface area contributed by atoms with Gasteiger partial charge in [0.15, 0.2) is 0 Å². The molecular formula is C8H9FN2O4S. The monoisotopic (exact) mass is 251 g/mol. The summed E-state index contributed by atoms with van der Waals surface area (Å²) in [4.78, 5) is 24.0. The van der Waals surface area contributed by atoms with E-state index in [0.29, 0.717) is 5.75 Å². The molecule has 0 spiro atoms. The number of aromatic nitrogens is 2. The van der Waals surface area contributed by atoms with Crippen molar-refractivity contribution in [2.24, 2.45) is 0 Å². The molecule has 2 heterocycles. The van der Waals surface area contributed by atoms with Crippen LogP contribution >= 0.6 is 11.8 Å². The van der Waals surface area contributed by atoms with E-state index in [1.54, 1.807) is 0 Å². The van der Waals surface area contributed by atoms with Gasteiger partial charge in [0, 0.05) is 5.75 Å². The van der Waals surface area contributed by atoms with Crippen molar-refractivity contribution >= 4 is 11.8 Å². The molecule has 0 saturated carbocycles. The van der Waals surface area contributed by atoms with Gasteiger partial charge in [-0.3, -0.25) is 14.3 Å². The van der Waals surface area contributed by atoms with Crippen molar-refractivity contribution in [2.75, 3.05) is 12.4 Å². The molecule has 6 nitrogen and oxygen atoms in total. The maximum atomic E-state index is 13.0. The minimum absolute atomic E-state index is 0.179. The largest absolute Gasteiger partial charge is 0.393 e. The van der Waals surface area contributed by atoms with Crippen LogP contribution in [0.5, 0.6) is 0 Å². The first-order chi connectivity index (χ1) is 7.61. The number of aromatic amines is 1. The topological polar surface area (TPSA) is 84.3 Å². The average molecular weight is 251 g/mol. The molecule has 2 rings (SSSR count). The van der Waals surface area contributed by atoms with Gasteiger partial charge in [0.25, 0.3) is 5.56 Å². The lowest BCUT2D eigenvalue weighted by molar-refractivity contribution is -0.00694. The Balaban J connectivity index is 2.32. The highest BCUT2D eigenvalue weighted by Crippen LogP contribution is 2.30. The molecule has 1 saturated heterocycles. The van der Waals surface area contributed by atoms with Crippen molar-refractivity contribution in [2.45, 2.75) is 11.7 Å². The predicted octanol–water partition coefficient (Wildman–Crippen LogP) is -0.744. The average Bonchev–Trinajstić information content (AvgIpc) is 2.71. The van der Waals surface area contributed by atoms with Gasteiger partial charge >= 0.3 is 5.69 Å². The van der Waals surface area contributed by atoms with E-state index in [1.807, 2.05) is 4.98 Å². The Kier molecular flexibility index (Phi) is 3.13. The van der Waals surface area contributed by atoms with Crippen molar-refractivity contribution in [3.8, 4) is 0 Å². The molecule has 0 radical (unpaired) electrons. The minimum Gasteiger partial charge on any atom is -0.393 e. The second-order valence-corrected chi connectivity index (χ2v) is 4.37. The Morgan fingerprint density at radius 3 is 3.06 bits per heavy atom. The van der Waals surface area contributed by atoms with Crippen molar-refractivity contribution in [3.05, 3.63) is 32.9 Å².